The van der Waals surface area contributed by atoms with Crippen LogP contribution < -0.4 is 5.32 Å². The fourth-order valence-electron chi connectivity index (χ4n) is 3.60. The number of hydrogen-bond acceptors (Lipinski definition) is 3. The lowest BCUT2D eigenvalue weighted by atomic mass is 9.92. The predicted octanol–water partition coefficient (Wildman–Crippen LogP) is 1.17. The number of amides is 2. The average Bonchev–Trinajstić information content (AvgIpc) is 3.27. The molecule has 1 N–H and O–H groups in total. The van der Waals surface area contributed by atoms with E-state index in [0.29, 0.717) is 25.0 Å². The molecule has 5 heteroatoms. The molecule has 3 atom stereocenters. The average molecular weight is 294 g/mol. The summed E-state index contributed by atoms with van der Waals surface area (Å²) in [5, 5.41) is 2.97. The van der Waals surface area contributed by atoms with E-state index >= 15 is 0 Å². The van der Waals surface area contributed by atoms with Crippen LogP contribution in [0.3, 0.4) is 0 Å². The Morgan fingerprint density at radius 3 is 2.62 bits per heavy atom. The highest BCUT2D eigenvalue weighted by Crippen LogP contribution is 2.36. The summed E-state index contributed by atoms with van der Waals surface area (Å²) < 4.78 is 5.53. The third-order valence-electron chi connectivity index (χ3n) is 4.89. The molecule has 0 aromatic heterocycles. The largest absolute Gasteiger partial charge is 0.381 e. The van der Waals surface area contributed by atoms with Crippen LogP contribution in [0.1, 0.15) is 39.5 Å². The van der Waals surface area contributed by atoms with Crippen LogP contribution in [0, 0.1) is 17.8 Å². The van der Waals surface area contributed by atoms with Gasteiger partial charge in [-0.15, -0.1) is 0 Å². The van der Waals surface area contributed by atoms with E-state index in [9.17, 15) is 9.59 Å². The summed E-state index contributed by atoms with van der Waals surface area (Å²) in [6.07, 6.45) is 4.26. The van der Waals surface area contributed by atoms with Crippen molar-refractivity contribution < 1.29 is 14.3 Å². The minimum atomic E-state index is -0.325. The molecule has 21 heavy (non-hydrogen) atoms. The molecular weight excluding hydrogens is 268 g/mol. The number of ether oxygens (including phenoxy) is 1. The van der Waals surface area contributed by atoms with E-state index in [1.807, 2.05) is 18.7 Å². The first-order valence-corrected chi connectivity index (χ1v) is 8.26. The second kappa shape index (κ2) is 5.95. The third kappa shape index (κ3) is 3.07. The van der Waals surface area contributed by atoms with Gasteiger partial charge in [0, 0.05) is 13.2 Å². The highest BCUT2D eigenvalue weighted by Gasteiger charge is 2.48. The van der Waals surface area contributed by atoms with Gasteiger partial charge in [-0.25, -0.2) is 0 Å². The zero-order valence-electron chi connectivity index (χ0n) is 13.0. The summed E-state index contributed by atoms with van der Waals surface area (Å²) in [4.78, 5) is 27.1. The number of nitrogens with one attached hydrogen (secondary N) is 1. The first-order valence-electron chi connectivity index (χ1n) is 8.26. The van der Waals surface area contributed by atoms with E-state index in [0.717, 1.165) is 32.3 Å². The highest BCUT2D eigenvalue weighted by molar-refractivity contribution is 5.97. The molecule has 2 aliphatic heterocycles. The van der Waals surface area contributed by atoms with Gasteiger partial charge in [-0.3, -0.25) is 9.59 Å². The molecule has 1 aliphatic carbocycles. The first kappa shape index (κ1) is 14.8. The van der Waals surface area contributed by atoms with Crippen LogP contribution in [-0.4, -0.2) is 48.6 Å². The van der Waals surface area contributed by atoms with Crippen LogP contribution in [-0.2, 0) is 14.3 Å². The van der Waals surface area contributed by atoms with Crippen molar-refractivity contribution in [3.05, 3.63) is 0 Å². The lowest BCUT2D eigenvalue weighted by Gasteiger charge is -2.43. The van der Waals surface area contributed by atoms with Crippen LogP contribution in [0.25, 0.3) is 0 Å². The van der Waals surface area contributed by atoms with E-state index in [2.05, 4.69) is 5.32 Å². The standard InChI is InChI=1S/C16H26N2O3/c1-10(2)14-15(19)17-13(12-5-6-12)16(20)18(14)8-11-4-3-7-21-9-11/h10-14H,3-9H2,1-2H3,(H,17,19). The van der Waals surface area contributed by atoms with Gasteiger partial charge in [-0.2, -0.15) is 0 Å². The molecule has 0 bridgehead atoms. The lowest BCUT2D eigenvalue weighted by Crippen LogP contribution is -2.66. The Morgan fingerprint density at radius 1 is 1.29 bits per heavy atom. The van der Waals surface area contributed by atoms with Crippen molar-refractivity contribution in [1.29, 1.82) is 0 Å². The molecule has 3 rings (SSSR count). The van der Waals surface area contributed by atoms with Gasteiger partial charge >= 0.3 is 0 Å². The summed E-state index contributed by atoms with van der Waals surface area (Å²) in [5.74, 6) is 1.02. The fraction of sp³-hybridized carbons (Fsp3) is 0.875. The SMILES string of the molecule is CC(C)C1C(=O)NC(C2CC2)C(=O)N1CC1CCCOC1. The summed E-state index contributed by atoms with van der Waals surface area (Å²) in [6.45, 7) is 6.23. The highest BCUT2D eigenvalue weighted by atomic mass is 16.5. The molecule has 3 fully saturated rings. The van der Waals surface area contributed by atoms with Crippen molar-refractivity contribution in [1.82, 2.24) is 10.2 Å². The van der Waals surface area contributed by atoms with Gasteiger partial charge < -0.3 is 15.0 Å². The van der Waals surface area contributed by atoms with Crippen molar-refractivity contribution in [3.63, 3.8) is 0 Å². The maximum absolute atomic E-state index is 12.8. The molecule has 0 radical (unpaired) electrons. The van der Waals surface area contributed by atoms with E-state index in [1.165, 1.54) is 0 Å². The Labute approximate surface area is 126 Å². The van der Waals surface area contributed by atoms with E-state index in [-0.39, 0.29) is 29.8 Å². The van der Waals surface area contributed by atoms with Crippen LogP contribution in [0.15, 0.2) is 0 Å². The number of nitrogens with zero attached hydrogens (tertiary/aromatic N) is 1. The topological polar surface area (TPSA) is 58.6 Å². The molecular formula is C16H26N2O3. The Kier molecular flexibility index (Phi) is 4.20. The van der Waals surface area contributed by atoms with Crippen LogP contribution in [0.2, 0.25) is 0 Å². The van der Waals surface area contributed by atoms with Crippen molar-refractivity contribution in [3.8, 4) is 0 Å². The van der Waals surface area contributed by atoms with Crippen molar-refractivity contribution in [2.75, 3.05) is 19.8 Å². The molecule has 118 valence electrons. The summed E-state index contributed by atoms with van der Waals surface area (Å²) in [5.41, 5.74) is 0. The van der Waals surface area contributed by atoms with Crippen molar-refractivity contribution in [2.24, 2.45) is 17.8 Å². The number of rotatable bonds is 4. The van der Waals surface area contributed by atoms with Crippen LogP contribution >= 0.6 is 0 Å². The maximum atomic E-state index is 12.8. The lowest BCUT2D eigenvalue weighted by molar-refractivity contribution is -0.153. The Morgan fingerprint density at radius 2 is 2.05 bits per heavy atom. The molecule has 2 amide bonds. The third-order valence-corrected chi connectivity index (χ3v) is 4.89. The second-order valence-electron chi connectivity index (χ2n) is 7.09. The van der Waals surface area contributed by atoms with E-state index in [4.69, 9.17) is 4.74 Å². The zero-order chi connectivity index (χ0) is 15.0. The van der Waals surface area contributed by atoms with Gasteiger partial charge in [0.1, 0.15) is 12.1 Å². The maximum Gasteiger partial charge on any atom is 0.246 e. The monoisotopic (exact) mass is 294 g/mol. The smallest absolute Gasteiger partial charge is 0.246 e. The molecule has 3 aliphatic rings. The van der Waals surface area contributed by atoms with Gasteiger partial charge in [0.05, 0.1) is 6.61 Å². The summed E-state index contributed by atoms with van der Waals surface area (Å²) in [7, 11) is 0. The molecule has 1 saturated carbocycles. The zero-order valence-corrected chi connectivity index (χ0v) is 13.0. The summed E-state index contributed by atoms with van der Waals surface area (Å²) in [6, 6.07) is -0.605. The minimum absolute atomic E-state index is 0.0261. The number of carbonyl (C=O) groups is 2. The first-order chi connectivity index (χ1) is 10.1. The molecule has 0 spiro atoms. The molecule has 2 saturated heterocycles. The predicted molar refractivity (Wildman–Crippen MR) is 78.5 cm³/mol. The Hall–Kier alpha value is -1.10. The molecule has 3 unspecified atom stereocenters. The number of hydrogen-bond donors (Lipinski definition) is 1. The van der Waals surface area contributed by atoms with Crippen molar-refractivity contribution in [2.45, 2.75) is 51.6 Å². The normalized spacial score (nSPS) is 34.2. The van der Waals surface area contributed by atoms with Gasteiger partial charge in [-0.05, 0) is 43.4 Å². The fourth-order valence-corrected chi connectivity index (χ4v) is 3.60. The van der Waals surface area contributed by atoms with Gasteiger partial charge in [-0.1, -0.05) is 13.8 Å². The van der Waals surface area contributed by atoms with Gasteiger partial charge in [0.25, 0.3) is 0 Å². The van der Waals surface area contributed by atoms with Crippen LogP contribution in [0.5, 0.6) is 0 Å². The summed E-state index contributed by atoms with van der Waals surface area (Å²) >= 11 is 0. The quantitative estimate of drug-likeness (QED) is 0.847. The second-order valence-corrected chi connectivity index (χ2v) is 7.09. The number of piperazine rings is 1. The Balaban J connectivity index is 1.75. The van der Waals surface area contributed by atoms with Crippen LogP contribution in [0.4, 0.5) is 0 Å². The molecule has 0 aromatic rings. The van der Waals surface area contributed by atoms with Gasteiger partial charge in [0.2, 0.25) is 11.8 Å². The van der Waals surface area contributed by atoms with Gasteiger partial charge in [0.15, 0.2) is 0 Å². The minimum Gasteiger partial charge on any atom is -0.381 e. The number of carbonyl (C=O) groups excluding carboxylic acids is 2. The van der Waals surface area contributed by atoms with Crippen molar-refractivity contribution >= 4 is 11.8 Å². The molecule has 0 aromatic carbocycles. The Bertz CT molecular complexity index is 414. The van der Waals surface area contributed by atoms with E-state index in [1.54, 1.807) is 0 Å². The molecule has 2 heterocycles. The van der Waals surface area contributed by atoms with E-state index < -0.39 is 0 Å². The molecule has 5 nitrogen and oxygen atoms in total.